The van der Waals surface area contributed by atoms with E-state index in [1.807, 2.05) is 29.8 Å². The third-order valence-corrected chi connectivity index (χ3v) is 6.57. The molecule has 5 rings (SSSR count). The van der Waals surface area contributed by atoms with Gasteiger partial charge in [0, 0.05) is 23.4 Å². The minimum absolute atomic E-state index is 0.0997. The Morgan fingerprint density at radius 2 is 2.04 bits per heavy atom. The Morgan fingerprint density at radius 3 is 2.89 bits per heavy atom. The molecule has 0 amide bonds. The number of thiophene rings is 1. The van der Waals surface area contributed by atoms with Crippen molar-refractivity contribution in [2.45, 2.75) is 25.2 Å². The van der Waals surface area contributed by atoms with E-state index in [4.69, 9.17) is 0 Å². The number of rotatable bonds is 3. The fourth-order valence-corrected chi connectivity index (χ4v) is 4.93. The van der Waals surface area contributed by atoms with Crippen LogP contribution in [-0.4, -0.2) is 20.9 Å². The molecule has 27 heavy (non-hydrogen) atoms. The second-order valence-corrected chi connectivity index (χ2v) is 8.42. The van der Waals surface area contributed by atoms with Gasteiger partial charge >= 0.3 is 0 Å². The first-order valence-corrected chi connectivity index (χ1v) is 10.2. The quantitative estimate of drug-likeness (QED) is 0.442. The van der Waals surface area contributed by atoms with Gasteiger partial charge in [-0.15, -0.1) is 22.7 Å². The zero-order valence-corrected chi connectivity index (χ0v) is 15.7. The van der Waals surface area contributed by atoms with E-state index < -0.39 is 5.92 Å². The number of nitrogens with one attached hydrogen (secondary N) is 1. The van der Waals surface area contributed by atoms with Gasteiger partial charge in [0.25, 0.3) is 5.92 Å². The van der Waals surface area contributed by atoms with Gasteiger partial charge < -0.3 is 5.32 Å². The molecule has 1 aliphatic rings. The summed E-state index contributed by atoms with van der Waals surface area (Å²) < 4.78 is 28.0. The number of allylic oxidation sites excluding steroid dienone is 2. The molecule has 0 bridgehead atoms. The number of anilines is 2. The van der Waals surface area contributed by atoms with Gasteiger partial charge in [-0.2, -0.15) is 0 Å². The van der Waals surface area contributed by atoms with Crippen LogP contribution < -0.4 is 5.32 Å². The Hall–Kier alpha value is -2.45. The fourth-order valence-electron chi connectivity index (χ4n) is 3.20. The molecule has 0 saturated heterocycles. The van der Waals surface area contributed by atoms with E-state index in [1.165, 1.54) is 17.7 Å². The summed E-state index contributed by atoms with van der Waals surface area (Å²) in [6.45, 7) is 0. The van der Waals surface area contributed by atoms with E-state index in [2.05, 4.69) is 20.3 Å². The fraction of sp³-hybridized carbons (Fsp3) is 0.211. The maximum absolute atomic E-state index is 13.4. The maximum Gasteiger partial charge on any atom is 0.251 e. The number of hydrogen-bond acceptors (Lipinski definition) is 6. The van der Waals surface area contributed by atoms with Crippen molar-refractivity contribution >= 4 is 60.2 Å². The summed E-state index contributed by atoms with van der Waals surface area (Å²) in [6, 6.07) is 8.01. The van der Waals surface area contributed by atoms with E-state index in [9.17, 15) is 8.78 Å². The Kier molecular flexibility index (Phi) is 3.91. The molecule has 136 valence electrons. The predicted molar refractivity (Wildman–Crippen MR) is 107 cm³/mol. The third-order valence-electron chi connectivity index (χ3n) is 4.65. The van der Waals surface area contributed by atoms with Gasteiger partial charge in [0.05, 0.1) is 21.1 Å². The molecule has 0 radical (unpaired) electrons. The Labute approximate surface area is 161 Å². The van der Waals surface area contributed by atoms with Crippen molar-refractivity contribution in [1.82, 2.24) is 15.0 Å². The van der Waals surface area contributed by atoms with Crippen molar-refractivity contribution in [3.63, 3.8) is 0 Å². The first-order valence-electron chi connectivity index (χ1n) is 8.49. The zero-order chi connectivity index (χ0) is 18.4. The van der Waals surface area contributed by atoms with Gasteiger partial charge in [-0.1, -0.05) is 6.08 Å². The lowest BCUT2D eigenvalue weighted by Gasteiger charge is -2.20. The molecule has 3 aromatic heterocycles. The van der Waals surface area contributed by atoms with Crippen molar-refractivity contribution < 1.29 is 8.78 Å². The Morgan fingerprint density at radius 1 is 1.11 bits per heavy atom. The molecule has 8 heteroatoms. The highest BCUT2D eigenvalue weighted by Gasteiger charge is 2.31. The van der Waals surface area contributed by atoms with E-state index in [0.29, 0.717) is 12.2 Å². The lowest BCUT2D eigenvalue weighted by Crippen LogP contribution is -2.17. The summed E-state index contributed by atoms with van der Waals surface area (Å²) in [5, 5.41) is 4.24. The molecule has 1 aromatic carbocycles. The first kappa shape index (κ1) is 16.7. The summed E-state index contributed by atoms with van der Waals surface area (Å²) in [6.07, 6.45) is 3.27. The molecular weight excluding hydrogens is 386 g/mol. The first-order chi connectivity index (χ1) is 13.1. The molecule has 0 saturated carbocycles. The monoisotopic (exact) mass is 400 g/mol. The second kappa shape index (κ2) is 6.31. The highest BCUT2D eigenvalue weighted by molar-refractivity contribution is 7.19. The molecule has 4 nitrogen and oxygen atoms in total. The zero-order valence-electron chi connectivity index (χ0n) is 14.1. The highest BCUT2D eigenvalue weighted by atomic mass is 32.1. The predicted octanol–water partition coefficient (Wildman–Crippen LogP) is 6.25. The van der Waals surface area contributed by atoms with Crippen LogP contribution in [0.3, 0.4) is 0 Å². The summed E-state index contributed by atoms with van der Waals surface area (Å²) in [5.74, 6) is -1.88. The standard InChI is InChI=1S/C19H14F2N4S2/c20-19(21)5-3-11(4-6-19)16-8-13-17(22-9-23-18(13)27-16)25-12-1-2-15-14(7-12)24-10-26-15/h1-3,7-10H,4-6H2,(H,22,23,25). The normalized spacial score (nSPS) is 16.6. The van der Waals surface area contributed by atoms with E-state index in [0.717, 1.165) is 36.6 Å². The minimum atomic E-state index is -2.58. The summed E-state index contributed by atoms with van der Waals surface area (Å²) >= 11 is 3.12. The SMILES string of the molecule is FC1(F)CC=C(c2cc3c(Nc4ccc5scnc5c4)ncnc3s2)CC1. The molecule has 0 spiro atoms. The van der Waals surface area contributed by atoms with Crippen molar-refractivity contribution in [2.75, 3.05) is 5.32 Å². The number of fused-ring (bicyclic) bond motifs is 2. The van der Waals surface area contributed by atoms with Crippen molar-refractivity contribution in [3.05, 3.63) is 47.1 Å². The van der Waals surface area contributed by atoms with Gasteiger partial charge in [-0.25, -0.2) is 23.7 Å². The van der Waals surface area contributed by atoms with Gasteiger partial charge in [-0.3, -0.25) is 0 Å². The van der Waals surface area contributed by atoms with Crippen molar-refractivity contribution in [2.24, 2.45) is 0 Å². The van der Waals surface area contributed by atoms with Crippen molar-refractivity contribution in [1.29, 1.82) is 0 Å². The van der Waals surface area contributed by atoms with Crippen LogP contribution in [0.15, 0.2) is 42.2 Å². The molecule has 0 unspecified atom stereocenters. The number of thiazole rings is 1. The van der Waals surface area contributed by atoms with Crippen LogP contribution in [0.2, 0.25) is 0 Å². The lowest BCUT2D eigenvalue weighted by atomic mass is 9.95. The molecule has 0 aliphatic heterocycles. The Balaban J connectivity index is 1.50. The van der Waals surface area contributed by atoms with E-state index in [-0.39, 0.29) is 12.8 Å². The van der Waals surface area contributed by atoms with Crippen LogP contribution in [0.25, 0.3) is 26.0 Å². The number of nitrogens with zero attached hydrogens (tertiary/aromatic N) is 3. The van der Waals surface area contributed by atoms with Crippen LogP contribution in [0.1, 0.15) is 24.1 Å². The third kappa shape index (κ3) is 3.19. The van der Waals surface area contributed by atoms with E-state index in [1.54, 1.807) is 17.4 Å². The van der Waals surface area contributed by atoms with Crippen LogP contribution >= 0.6 is 22.7 Å². The van der Waals surface area contributed by atoms with Crippen LogP contribution in [0.5, 0.6) is 0 Å². The van der Waals surface area contributed by atoms with Gasteiger partial charge in [-0.05, 0) is 36.3 Å². The van der Waals surface area contributed by atoms with Crippen LogP contribution in [-0.2, 0) is 0 Å². The van der Waals surface area contributed by atoms with Crippen LogP contribution in [0, 0.1) is 0 Å². The molecule has 4 aromatic rings. The highest BCUT2D eigenvalue weighted by Crippen LogP contribution is 2.40. The van der Waals surface area contributed by atoms with Gasteiger partial charge in [0.2, 0.25) is 0 Å². The molecule has 0 atom stereocenters. The minimum Gasteiger partial charge on any atom is -0.340 e. The number of alkyl halides is 2. The number of benzene rings is 1. The average molecular weight is 400 g/mol. The topological polar surface area (TPSA) is 50.7 Å². The van der Waals surface area contributed by atoms with Gasteiger partial charge in [0.15, 0.2) is 0 Å². The number of aromatic nitrogens is 3. The van der Waals surface area contributed by atoms with E-state index >= 15 is 0 Å². The Bertz CT molecular complexity index is 1180. The summed E-state index contributed by atoms with van der Waals surface area (Å²) in [4.78, 5) is 14.9. The summed E-state index contributed by atoms with van der Waals surface area (Å²) in [7, 11) is 0. The van der Waals surface area contributed by atoms with Crippen molar-refractivity contribution in [3.8, 4) is 0 Å². The van der Waals surface area contributed by atoms with Crippen LogP contribution in [0.4, 0.5) is 20.3 Å². The smallest absolute Gasteiger partial charge is 0.251 e. The van der Waals surface area contributed by atoms with Gasteiger partial charge in [0.1, 0.15) is 17.0 Å². The average Bonchev–Trinajstić information content (AvgIpc) is 3.28. The number of halogens is 2. The molecular formula is C19H14F2N4S2. The molecule has 3 heterocycles. The molecule has 0 fully saturated rings. The largest absolute Gasteiger partial charge is 0.340 e. The number of hydrogen-bond donors (Lipinski definition) is 1. The summed E-state index contributed by atoms with van der Waals surface area (Å²) in [5.41, 5.74) is 4.63. The molecule has 1 aliphatic carbocycles. The lowest BCUT2D eigenvalue weighted by molar-refractivity contribution is -0.00600. The maximum atomic E-state index is 13.4. The second-order valence-electron chi connectivity index (χ2n) is 6.50. The molecule has 1 N–H and O–H groups in total.